The van der Waals surface area contributed by atoms with Gasteiger partial charge in [-0.05, 0) is 27.2 Å². The van der Waals surface area contributed by atoms with Crippen LogP contribution in [0.2, 0.25) is 0 Å². The lowest BCUT2D eigenvalue weighted by Gasteiger charge is -2.21. The van der Waals surface area contributed by atoms with Crippen molar-refractivity contribution in [1.82, 2.24) is 0 Å². The van der Waals surface area contributed by atoms with Crippen molar-refractivity contribution in [2.45, 2.75) is 57.7 Å². The molecule has 2 aliphatic rings. The molecule has 4 heteroatoms. The van der Waals surface area contributed by atoms with E-state index in [0.717, 1.165) is 6.42 Å². The summed E-state index contributed by atoms with van der Waals surface area (Å²) < 4.78 is 16.5. The molecule has 0 unspecified atom stereocenters. The average molecular weight is 200 g/mol. The maximum Gasteiger partial charge on any atom is 0.341 e. The smallest absolute Gasteiger partial charge is 0.341 e. The highest BCUT2D eigenvalue weighted by atomic mass is 16.8. The first-order valence-corrected chi connectivity index (χ1v) is 4.98. The number of hydrogen-bond acceptors (Lipinski definition) is 4. The van der Waals surface area contributed by atoms with E-state index in [2.05, 4.69) is 0 Å². The van der Waals surface area contributed by atoms with Gasteiger partial charge in [0.15, 0.2) is 11.4 Å². The average Bonchev–Trinajstić information content (AvgIpc) is 2.42. The predicted molar refractivity (Wildman–Crippen MR) is 48.6 cm³/mol. The molecule has 3 atom stereocenters. The third-order valence-corrected chi connectivity index (χ3v) is 2.82. The topological polar surface area (TPSA) is 44.8 Å². The van der Waals surface area contributed by atoms with E-state index in [4.69, 9.17) is 14.2 Å². The fraction of sp³-hybridized carbons (Fsp3) is 0.900. The van der Waals surface area contributed by atoms with Crippen LogP contribution in [0, 0.1) is 0 Å². The molecular weight excluding hydrogens is 184 g/mol. The van der Waals surface area contributed by atoms with Crippen molar-refractivity contribution in [3.05, 3.63) is 0 Å². The molecule has 4 nitrogen and oxygen atoms in total. The van der Waals surface area contributed by atoms with E-state index in [1.807, 2.05) is 20.8 Å². The number of carbonyl (C=O) groups is 1. The summed E-state index contributed by atoms with van der Waals surface area (Å²) >= 11 is 0. The normalized spacial score (nSPS) is 45.0. The van der Waals surface area contributed by atoms with E-state index in [9.17, 15) is 4.79 Å². The van der Waals surface area contributed by atoms with Gasteiger partial charge < -0.3 is 14.2 Å². The predicted octanol–water partition coefficient (Wildman–Crippen LogP) is 1.23. The molecule has 14 heavy (non-hydrogen) atoms. The van der Waals surface area contributed by atoms with Gasteiger partial charge in [-0.15, -0.1) is 0 Å². The fourth-order valence-electron chi connectivity index (χ4n) is 2.21. The molecule has 0 N–H and O–H groups in total. The summed E-state index contributed by atoms with van der Waals surface area (Å²) in [5.41, 5.74) is -0.913. The van der Waals surface area contributed by atoms with Crippen molar-refractivity contribution in [1.29, 1.82) is 0 Å². The van der Waals surface area contributed by atoms with Gasteiger partial charge in [0.2, 0.25) is 0 Å². The number of hydrogen-bond donors (Lipinski definition) is 0. The highest BCUT2D eigenvalue weighted by Gasteiger charge is 2.64. The summed E-state index contributed by atoms with van der Waals surface area (Å²) in [4.78, 5) is 11.6. The number of ether oxygens (including phenoxy) is 3. The molecule has 0 amide bonds. The molecule has 2 heterocycles. The standard InChI is InChI=1S/C10H16O4/c1-5-6-7-10(4,8(11)12-6)14-9(2,3)13-7/h6-7H,5H2,1-4H3/t6-,7-,10-/m1/s1. The van der Waals surface area contributed by atoms with Crippen LogP contribution in [0.15, 0.2) is 0 Å². The van der Waals surface area contributed by atoms with Crippen molar-refractivity contribution in [3.8, 4) is 0 Å². The lowest BCUT2D eigenvalue weighted by atomic mass is 9.97. The first-order valence-electron chi connectivity index (χ1n) is 4.98. The molecule has 2 aliphatic heterocycles. The Bertz CT molecular complexity index is 273. The van der Waals surface area contributed by atoms with Gasteiger partial charge in [-0.3, -0.25) is 0 Å². The van der Waals surface area contributed by atoms with Crippen LogP contribution >= 0.6 is 0 Å². The van der Waals surface area contributed by atoms with Crippen LogP contribution in [0.4, 0.5) is 0 Å². The van der Waals surface area contributed by atoms with Crippen molar-refractivity contribution in [2.24, 2.45) is 0 Å². The summed E-state index contributed by atoms with van der Waals surface area (Å²) in [5, 5.41) is 0. The Kier molecular flexibility index (Phi) is 1.92. The maximum atomic E-state index is 11.6. The third kappa shape index (κ3) is 1.17. The first kappa shape index (κ1) is 9.93. The van der Waals surface area contributed by atoms with Crippen LogP contribution in [-0.4, -0.2) is 29.6 Å². The third-order valence-electron chi connectivity index (χ3n) is 2.82. The van der Waals surface area contributed by atoms with Gasteiger partial charge in [0.1, 0.15) is 12.2 Å². The Hall–Kier alpha value is -0.610. The number of cyclic esters (lactones) is 1. The second-order valence-corrected chi connectivity index (χ2v) is 4.50. The molecule has 0 aromatic carbocycles. The lowest BCUT2D eigenvalue weighted by Crippen LogP contribution is -2.40. The zero-order valence-corrected chi connectivity index (χ0v) is 8.99. The number of fused-ring (bicyclic) bond motifs is 1. The molecular formula is C10H16O4. The zero-order chi connectivity index (χ0) is 10.6. The van der Waals surface area contributed by atoms with Crippen LogP contribution < -0.4 is 0 Å². The highest BCUT2D eigenvalue weighted by molar-refractivity contribution is 5.83. The van der Waals surface area contributed by atoms with Gasteiger partial charge >= 0.3 is 5.97 Å². The minimum Gasteiger partial charge on any atom is -0.457 e. The highest BCUT2D eigenvalue weighted by Crippen LogP contribution is 2.44. The van der Waals surface area contributed by atoms with Gasteiger partial charge in [-0.1, -0.05) is 6.92 Å². The summed E-state index contributed by atoms with van der Waals surface area (Å²) in [6.45, 7) is 7.34. The van der Waals surface area contributed by atoms with Gasteiger partial charge in [0, 0.05) is 0 Å². The van der Waals surface area contributed by atoms with Crippen molar-refractivity contribution < 1.29 is 19.0 Å². The minimum atomic E-state index is -0.913. The van der Waals surface area contributed by atoms with Gasteiger partial charge in [-0.2, -0.15) is 0 Å². The zero-order valence-electron chi connectivity index (χ0n) is 8.99. The van der Waals surface area contributed by atoms with E-state index in [-0.39, 0.29) is 18.2 Å². The molecule has 0 saturated carbocycles. The molecule has 0 aliphatic carbocycles. The Labute approximate surface area is 83.5 Å². The number of rotatable bonds is 1. The minimum absolute atomic E-state index is 0.172. The van der Waals surface area contributed by atoms with E-state index in [0.29, 0.717) is 0 Å². The Morgan fingerprint density at radius 3 is 2.57 bits per heavy atom. The van der Waals surface area contributed by atoms with Crippen LogP contribution in [0.5, 0.6) is 0 Å². The second-order valence-electron chi connectivity index (χ2n) is 4.50. The van der Waals surface area contributed by atoms with E-state index >= 15 is 0 Å². The molecule has 2 saturated heterocycles. The van der Waals surface area contributed by atoms with Crippen LogP contribution in [-0.2, 0) is 19.0 Å². The molecule has 0 aromatic heterocycles. The summed E-state index contributed by atoms with van der Waals surface area (Å²) in [5.74, 6) is -0.994. The first-order chi connectivity index (χ1) is 6.39. The Morgan fingerprint density at radius 2 is 2.00 bits per heavy atom. The fourth-order valence-corrected chi connectivity index (χ4v) is 2.21. The molecule has 0 radical (unpaired) electrons. The molecule has 2 rings (SSSR count). The van der Waals surface area contributed by atoms with Gasteiger partial charge in [-0.25, -0.2) is 4.79 Å². The largest absolute Gasteiger partial charge is 0.457 e. The van der Waals surface area contributed by atoms with Gasteiger partial charge in [0.25, 0.3) is 0 Å². The summed E-state index contributed by atoms with van der Waals surface area (Å²) in [6, 6.07) is 0. The second kappa shape index (κ2) is 2.70. The maximum absolute atomic E-state index is 11.6. The van der Waals surface area contributed by atoms with Crippen LogP contribution in [0.1, 0.15) is 34.1 Å². The number of esters is 1. The quantitative estimate of drug-likeness (QED) is 0.597. The van der Waals surface area contributed by atoms with Crippen molar-refractivity contribution in [3.63, 3.8) is 0 Å². The van der Waals surface area contributed by atoms with E-state index < -0.39 is 11.4 Å². The Morgan fingerprint density at radius 1 is 1.36 bits per heavy atom. The molecule has 0 spiro atoms. The summed E-state index contributed by atoms with van der Waals surface area (Å²) in [6.07, 6.45) is 0.315. The van der Waals surface area contributed by atoms with Crippen LogP contribution in [0.25, 0.3) is 0 Å². The molecule has 0 bridgehead atoms. The number of carbonyl (C=O) groups excluding carboxylic acids is 1. The molecule has 0 aromatic rings. The summed E-state index contributed by atoms with van der Waals surface area (Å²) in [7, 11) is 0. The van der Waals surface area contributed by atoms with Crippen LogP contribution in [0.3, 0.4) is 0 Å². The molecule has 80 valence electrons. The van der Waals surface area contributed by atoms with Gasteiger partial charge in [0.05, 0.1) is 0 Å². The van der Waals surface area contributed by atoms with E-state index in [1.54, 1.807) is 6.92 Å². The molecule has 2 fully saturated rings. The SMILES string of the molecule is CC[C@H]1OC(=O)[C@]2(C)OC(C)(C)O[C@H]12. The van der Waals surface area contributed by atoms with Crippen molar-refractivity contribution in [2.75, 3.05) is 0 Å². The van der Waals surface area contributed by atoms with Crippen molar-refractivity contribution >= 4 is 5.97 Å². The monoisotopic (exact) mass is 200 g/mol. The Balaban J connectivity index is 2.30. The van der Waals surface area contributed by atoms with E-state index in [1.165, 1.54) is 0 Å². The lowest BCUT2D eigenvalue weighted by molar-refractivity contribution is -0.196.